The molecule has 2 atom stereocenters. The molecule has 2 heterocycles. The number of hydrogen-bond donors (Lipinski definition) is 1. The number of aliphatic hydroxyl groups is 1. The molecule has 0 saturated carbocycles. The molecule has 0 spiro atoms. The quantitative estimate of drug-likeness (QED) is 0.627. The lowest BCUT2D eigenvalue weighted by Gasteiger charge is -2.32. The van der Waals surface area contributed by atoms with Crippen LogP contribution in [0.25, 0.3) is 5.57 Å². The van der Waals surface area contributed by atoms with Crippen LogP contribution in [0.2, 0.25) is 0 Å². The maximum atomic E-state index is 13.4. The summed E-state index contributed by atoms with van der Waals surface area (Å²) in [6, 6.07) is 13.9. The molecule has 1 amide bonds. The van der Waals surface area contributed by atoms with E-state index in [0.717, 1.165) is 36.3 Å². The lowest BCUT2D eigenvalue weighted by atomic mass is 9.86. The smallest absolute Gasteiger partial charge is 0.390 e. The fraction of sp³-hybridized carbons (Fsp3) is 0.483. The van der Waals surface area contributed by atoms with E-state index >= 15 is 0 Å². The van der Waals surface area contributed by atoms with Gasteiger partial charge in [-0.15, -0.1) is 0 Å². The molecule has 8 heteroatoms. The molecule has 0 fully saturated rings. The number of likely N-dealkylation sites (N-methyl/N-ethyl adjacent to an activating group) is 1. The third kappa shape index (κ3) is 5.70. The SMILES string of the molecule is CN1CCN(CC(O)CN2CCc3ccccc3C2)C(=O)c2ccc(C3=CCC(C(F)(F)F)CC3)cc21. The van der Waals surface area contributed by atoms with E-state index in [4.69, 9.17) is 0 Å². The van der Waals surface area contributed by atoms with Crippen LogP contribution in [0.4, 0.5) is 18.9 Å². The molecule has 0 saturated heterocycles. The summed E-state index contributed by atoms with van der Waals surface area (Å²) in [5, 5.41) is 10.9. The van der Waals surface area contributed by atoms with Gasteiger partial charge in [0.2, 0.25) is 0 Å². The maximum absolute atomic E-state index is 13.4. The van der Waals surface area contributed by atoms with Crippen LogP contribution in [-0.4, -0.2) is 72.9 Å². The van der Waals surface area contributed by atoms with Gasteiger partial charge in [0.1, 0.15) is 0 Å². The topological polar surface area (TPSA) is 47.0 Å². The van der Waals surface area contributed by atoms with Crippen molar-refractivity contribution in [3.8, 4) is 0 Å². The highest BCUT2D eigenvalue weighted by molar-refractivity contribution is 6.01. The summed E-state index contributed by atoms with van der Waals surface area (Å²) in [7, 11) is 1.93. The summed E-state index contributed by atoms with van der Waals surface area (Å²) >= 11 is 0. The van der Waals surface area contributed by atoms with Crippen molar-refractivity contribution < 1.29 is 23.1 Å². The van der Waals surface area contributed by atoms with Crippen molar-refractivity contribution >= 4 is 17.2 Å². The number of nitrogens with zero attached hydrogens (tertiary/aromatic N) is 3. The maximum Gasteiger partial charge on any atom is 0.392 e. The van der Waals surface area contributed by atoms with E-state index < -0.39 is 18.2 Å². The molecule has 37 heavy (non-hydrogen) atoms. The Hall–Kier alpha value is -2.84. The normalized spacial score (nSPS) is 21.7. The van der Waals surface area contributed by atoms with Gasteiger partial charge >= 0.3 is 6.18 Å². The average Bonchev–Trinajstić information content (AvgIpc) is 3.00. The number of halogens is 3. The first-order valence-electron chi connectivity index (χ1n) is 13.1. The Morgan fingerprint density at radius 1 is 1.03 bits per heavy atom. The second kappa shape index (κ2) is 10.5. The number of hydrogen-bond acceptors (Lipinski definition) is 4. The molecule has 5 rings (SSSR count). The number of benzene rings is 2. The molecule has 2 aromatic carbocycles. The summed E-state index contributed by atoms with van der Waals surface area (Å²) in [4.78, 5) is 19.4. The number of amides is 1. The Balaban J connectivity index is 1.25. The zero-order chi connectivity index (χ0) is 26.2. The van der Waals surface area contributed by atoms with Crippen molar-refractivity contribution in [2.24, 2.45) is 5.92 Å². The van der Waals surface area contributed by atoms with Crippen molar-refractivity contribution in [3.05, 3.63) is 70.8 Å². The number of fused-ring (bicyclic) bond motifs is 2. The largest absolute Gasteiger partial charge is 0.392 e. The minimum absolute atomic E-state index is 0.00103. The molecule has 0 radical (unpaired) electrons. The number of aliphatic hydroxyl groups excluding tert-OH is 1. The predicted molar refractivity (Wildman–Crippen MR) is 138 cm³/mol. The molecule has 3 aliphatic rings. The molecule has 5 nitrogen and oxygen atoms in total. The van der Waals surface area contributed by atoms with E-state index in [1.54, 1.807) is 17.0 Å². The van der Waals surface area contributed by atoms with Gasteiger partial charge in [0.05, 0.1) is 17.6 Å². The lowest BCUT2D eigenvalue weighted by Crippen LogP contribution is -2.44. The van der Waals surface area contributed by atoms with Crippen LogP contribution < -0.4 is 4.90 Å². The van der Waals surface area contributed by atoms with E-state index in [1.165, 1.54) is 11.1 Å². The van der Waals surface area contributed by atoms with E-state index in [0.29, 0.717) is 31.6 Å². The van der Waals surface area contributed by atoms with E-state index in [1.807, 2.05) is 30.1 Å². The third-order valence-electron chi connectivity index (χ3n) is 7.99. The van der Waals surface area contributed by atoms with Gasteiger partial charge in [-0.3, -0.25) is 9.69 Å². The first kappa shape index (κ1) is 25.8. The van der Waals surface area contributed by atoms with Crippen molar-refractivity contribution in [3.63, 3.8) is 0 Å². The Morgan fingerprint density at radius 3 is 2.54 bits per heavy atom. The Bertz CT molecular complexity index is 1180. The van der Waals surface area contributed by atoms with Crippen LogP contribution in [0.15, 0.2) is 48.5 Å². The summed E-state index contributed by atoms with van der Waals surface area (Å²) in [5.74, 6) is -1.40. The van der Waals surface area contributed by atoms with Gasteiger partial charge in [0, 0.05) is 52.0 Å². The molecule has 198 valence electrons. The highest BCUT2D eigenvalue weighted by Gasteiger charge is 2.39. The first-order valence-corrected chi connectivity index (χ1v) is 13.1. The van der Waals surface area contributed by atoms with Crippen molar-refractivity contribution in [2.75, 3.05) is 44.7 Å². The van der Waals surface area contributed by atoms with Gasteiger partial charge in [-0.05, 0) is 60.1 Å². The van der Waals surface area contributed by atoms with Crippen LogP contribution in [0.3, 0.4) is 0 Å². The second-order valence-electron chi connectivity index (χ2n) is 10.6. The number of anilines is 1. The van der Waals surface area contributed by atoms with Gasteiger partial charge in [0.25, 0.3) is 5.91 Å². The fourth-order valence-electron chi connectivity index (χ4n) is 5.78. The van der Waals surface area contributed by atoms with Crippen molar-refractivity contribution in [1.82, 2.24) is 9.80 Å². The van der Waals surface area contributed by atoms with Crippen LogP contribution in [0, 0.1) is 5.92 Å². The summed E-state index contributed by atoms with van der Waals surface area (Å²) in [6.07, 6.45) is -1.69. The van der Waals surface area contributed by atoms with Gasteiger partial charge in [0.15, 0.2) is 0 Å². The molecule has 0 aromatic heterocycles. The van der Waals surface area contributed by atoms with Crippen LogP contribution in [-0.2, 0) is 13.0 Å². The van der Waals surface area contributed by atoms with E-state index in [9.17, 15) is 23.1 Å². The summed E-state index contributed by atoms with van der Waals surface area (Å²) in [6.45, 7) is 3.56. The molecule has 1 aliphatic carbocycles. The predicted octanol–water partition coefficient (Wildman–Crippen LogP) is 4.74. The molecular weight excluding hydrogens is 479 g/mol. The van der Waals surface area contributed by atoms with E-state index in [-0.39, 0.29) is 25.3 Å². The zero-order valence-electron chi connectivity index (χ0n) is 21.2. The van der Waals surface area contributed by atoms with Crippen LogP contribution in [0.1, 0.15) is 46.3 Å². The Morgan fingerprint density at radius 2 is 1.81 bits per heavy atom. The summed E-state index contributed by atoms with van der Waals surface area (Å²) in [5.41, 5.74) is 5.78. The standard InChI is InChI=1S/C29H34F3N3O2/c1-33-14-15-35(19-25(36)18-34-13-12-20-4-2-3-5-23(20)17-34)28(37)26-11-8-22(16-27(26)33)21-6-9-24(10-7-21)29(30,31)32/h2-6,8,11,16,24-25,36H,7,9-10,12-15,17-19H2,1H3. The lowest BCUT2D eigenvalue weighted by molar-refractivity contribution is -0.175. The third-order valence-corrected chi connectivity index (χ3v) is 7.99. The minimum Gasteiger partial charge on any atom is -0.390 e. The zero-order valence-corrected chi connectivity index (χ0v) is 21.2. The molecule has 2 aliphatic heterocycles. The number of alkyl halides is 3. The Labute approximate surface area is 216 Å². The highest BCUT2D eigenvalue weighted by atomic mass is 19.4. The minimum atomic E-state index is -4.16. The second-order valence-corrected chi connectivity index (χ2v) is 10.6. The monoisotopic (exact) mass is 513 g/mol. The highest BCUT2D eigenvalue weighted by Crippen LogP contribution is 2.40. The van der Waals surface area contributed by atoms with Crippen molar-refractivity contribution in [2.45, 2.75) is 44.5 Å². The summed E-state index contributed by atoms with van der Waals surface area (Å²) < 4.78 is 39.2. The molecule has 0 bridgehead atoms. The van der Waals surface area contributed by atoms with Crippen LogP contribution in [0.5, 0.6) is 0 Å². The van der Waals surface area contributed by atoms with Gasteiger partial charge in [-0.1, -0.05) is 36.4 Å². The van der Waals surface area contributed by atoms with E-state index in [2.05, 4.69) is 23.1 Å². The van der Waals surface area contributed by atoms with Gasteiger partial charge < -0.3 is 14.9 Å². The van der Waals surface area contributed by atoms with Gasteiger partial charge in [-0.25, -0.2) is 0 Å². The molecule has 2 unspecified atom stereocenters. The number of β-amino-alcohol motifs (C(OH)–C–C–N with tert-alkyl or cyclic N) is 1. The first-order chi connectivity index (χ1) is 17.7. The number of rotatable bonds is 5. The van der Waals surface area contributed by atoms with Crippen molar-refractivity contribution in [1.29, 1.82) is 0 Å². The Kier molecular flexibility index (Phi) is 7.32. The van der Waals surface area contributed by atoms with Crippen LogP contribution >= 0.6 is 0 Å². The number of carbonyl (C=O) groups is 1. The molecule has 1 N–H and O–H groups in total. The number of allylic oxidation sites excluding steroid dienone is 2. The number of carbonyl (C=O) groups excluding carboxylic acids is 1. The molecule has 2 aromatic rings. The van der Waals surface area contributed by atoms with Gasteiger partial charge in [-0.2, -0.15) is 13.2 Å². The molecular formula is C29H34F3N3O2. The fourth-order valence-corrected chi connectivity index (χ4v) is 5.78. The average molecular weight is 514 g/mol.